The average molecular weight is 274 g/mol. The van der Waals surface area contributed by atoms with Crippen molar-refractivity contribution in [3.8, 4) is 0 Å². The minimum Gasteiger partial charge on any atom is -0.271 e. The minimum atomic E-state index is 0.471. The van der Waals surface area contributed by atoms with E-state index in [4.69, 9.17) is 5.84 Å². The Morgan fingerprint density at radius 3 is 2.65 bits per heavy atom. The normalized spacial score (nSPS) is 48.1. The molecule has 20 heavy (non-hydrogen) atoms. The third-order valence-electron chi connectivity index (χ3n) is 7.36. The Kier molecular flexibility index (Phi) is 3.23. The van der Waals surface area contributed by atoms with Gasteiger partial charge in [0.2, 0.25) is 0 Å². The molecule has 0 saturated heterocycles. The molecule has 0 aromatic rings. The number of hydrazine groups is 1. The van der Waals surface area contributed by atoms with Gasteiger partial charge in [0.1, 0.15) is 0 Å². The first kappa shape index (κ1) is 13.3. The van der Waals surface area contributed by atoms with E-state index >= 15 is 0 Å². The Labute approximate surface area is 123 Å². The molecule has 0 spiro atoms. The van der Waals surface area contributed by atoms with E-state index in [0.29, 0.717) is 6.04 Å². The summed E-state index contributed by atoms with van der Waals surface area (Å²) in [4.78, 5) is 0. The molecule has 5 atom stereocenters. The topological polar surface area (TPSA) is 38.0 Å². The summed E-state index contributed by atoms with van der Waals surface area (Å²) in [5.74, 6) is 11.5. The molecule has 0 radical (unpaired) electrons. The van der Waals surface area contributed by atoms with Crippen LogP contribution in [0.4, 0.5) is 0 Å². The van der Waals surface area contributed by atoms with Gasteiger partial charge in [-0.05, 0) is 87.4 Å². The molecule has 5 aliphatic carbocycles. The predicted molar refractivity (Wildman–Crippen MR) is 82.7 cm³/mol. The maximum absolute atomic E-state index is 5.80. The van der Waals surface area contributed by atoms with Crippen LogP contribution in [0.1, 0.15) is 58.8 Å². The molecule has 2 nitrogen and oxygen atoms in total. The maximum atomic E-state index is 5.80. The molecule has 0 amide bonds. The van der Waals surface area contributed by atoms with Gasteiger partial charge in [-0.3, -0.25) is 11.3 Å². The summed E-state index contributed by atoms with van der Waals surface area (Å²) in [6.07, 6.45) is 10.1. The van der Waals surface area contributed by atoms with Crippen LogP contribution >= 0.6 is 0 Å². The Balaban J connectivity index is 1.61. The number of rotatable bonds is 3. The number of hydrogen-bond acceptors (Lipinski definition) is 2. The third-order valence-corrected chi connectivity index (χ3v) is 7.36. The average Bonchev–Trinajstić information content (AvgIpc) is 2.95. The zero-order valence-electron chi connectivity index (χ0n) is 13.1. The molecule has 3 saturated carbocycles. The molecule has 5 unspecified atom stereocenters. The summed E-state index contributed by atoms with van der Waals surface area (Å²) < 4.78 is 0. The van der Waals surface area contributed by atoms with Crippen LogP contribution in [0.2, 0.25) is 0 Å². The fraction of sp³-hybridized carbons (Fsp3) is 0.889. The third kappa shape index (κ3) is 1.84. The lowest BCUT2D eigenvalue weighted by molar-refractivity contribution is -0.0305. The van der Waals surface area contributed by atoms with Crippen molar-refractivity contribution in [1.29, 1.82) is 0 Å². The molecular formula is C18H30N2. The van der Waals surface area contributed by atoms with Crippen LogP contribution in [-0.4, -0.2) is 6.04 Å². The van der Waals surface area contributed by atoms with Crippen molar-refractivity contribution in [2.24, 2.45) is 41.4 Å². The van der Waals surface area contributed by atoms with E-state index in [1.807, 2.05) is 11.1 Å². The SMILES string of the molecule is CC1CC(C2C3=C(CCC3)CC2C(C)NN)C2CC1C2. The number of fused-ring (bicyclic) bond motifs is 2. The molecule has 2 heteroatoms. The van der Waals surface area contributed by atoms with Crippen molar-refractivity contribution in [2.75, 3.05) is 0 Å². The largest absolute Gasteiger partial charge is 0.271 e. The monoisotopic (exact) mass is 274 g/mol. The van der Waals surface area contributed by atoms with E-state index in [0.717, 1.165) is 35.5 Å². The van der Waals surface area contributed by atoms with Gasteiger partial charge in [-0.1, -0.05) is 18.1 Å². The minimum absolute atomic E-state index is 0.471. The van der Waals surface area contributed by atoms with Gasteiger partial charge < -0.3 is 0 Å². The second kappa shape index (κ2) is 4.84. The predicted octanol–water partition coefficient (Wildman–Crippen LogP) is 3.64. The molecular weight excluding hydrogens is 244 g/mol. The van der Waals surface area contributed by atoms with Crippen LogP contribution in [0.5, 0.6) is 0 Å². The number of nitrogens with one attached hydrogen (secondary N) is 1. The smallest absolute Gasteiger partial charge is 0.0219 e. The molecule has 0 aliphatic heterocycles. The van der Waals surface area contributed by atoms with Gasteiger partial charge >= 0.3 is 0 Å². The van der Waals surface area contributed by atoms with Gasteiger partial charge in [-0.25, -0.2) is 0 Å². The molecule has 112 valence electrons. The molecule has 2 bridgehead atoms. The van der Waals surface area contributed by atoms with E-state index < -0.39 is 0 Å². The summed E-state index contributed by atoms with van der Waals surface area (Å²) in [5.41, 5.74) is 6.80. The van der Waals surface area contributed by atoms with E-state index in [1.54, 1.807) is 0 Å². The van der Waals surface area contributed by atoms with Gasteiger partial charge in [0.15, 0.2) is 0 Å². The van der Waals surface area contributed by atoms with Crippen LogP contribution in [0.15, 0.2) is 11.1 Å². The molecule has 5 aliphatic rings. The van der Waals surface area contributed by atoms with Crippen LogP contribution in [-0.2, 0) is 0 Å². The van der Waals surface area contributed by atoms with Crippen LogP contribution in [0, 0.1) is 35.5 Å². The zero-order chi connectivity index (χ0) is 13.9. The van der Waals surface area contributed by atoms with Crippen LogP contribution in [0.3, 0.4) is 0 Å². The van der Waals surface area contributed by atoms with E-state index in [2.05, 4.69) is 19.3 Å². The van der Waals surface area contributed by atoms with Crippen LogP contribution in [0.25, 0.3) is 0 Å². The van der Waals surface area contributed by atoms with Crippen molar-refractivity contribution >= 4 is 0 Å². The fourth-order valence-corrected chi connectivity index (χ4v) is 6.10. The highest BCUT2D eigenvalue weighted by molar-refractivity contribution is 5.31. The molecule has 5 rings (SSSR count). The quantitative estimate of drug-likeness (QED) is 0.468. The standard InChI is InChI=1S/C18H30N2/c1-10-6-17(14-7-13(10)8-14)18-15-5-3-4-12(15)9-16(18)11(2)20-19/h10-11,13-14,16-18,20H,3-9,19H2,1-2H3. The summed E-state index contributed by atoms with van der Waals surface area (Å²) in [7, 11) is 0. The summed E-state index contributed by atoms with van der Waals surface area (Å²) >= 11 is 0. The first-order chi connectivity index (χ1) is 9.69. The van der Waals surface area contributed by atoms with Crippen molar-refractivity contribution < 1.29 is 0 Å². The Hall–Kier alpha value is -0.340. The lowest BCUT2D eigenvalue weighted by atomic mass is 9.51. The molecule has 0 aromatic heterocycles. The van der Waals surface area contributed by atoms with Gasteiger partial charge in [0.25, 0.3) is 0 Å². The molecule has 3 fully saturated rings. The van der Waals surface area contributed by atoms with Gasteiger partial charge in [-0.2, -0.15) is 0 Å². The fourth-order valence-electron chi connectivity index (χ4n) is 6.10. The highest BCUT2D eigenvalue weighted by Gasteiger charge is 2.51. The lowest BCUT2D eigenvalue weighted by Crippen LogP contribution is -2.48. The number of hydrogen-bond donors (Lipinski definition) is 2. The van der Waals surface area contributed by atoms with Gasteiger partial charge in [0, 0.05) is 6.04 Å². The Morgan fingerprint density at radius 1 is 1.15 bits per heavy atom. The van der Waals surface area contributed by atoms with E-state index in [-0.39, 0.29) is 0 Å². The first-order valence-electron chi connectivity index (χ1n) is 8.86. The molecule has 0 aromatic carbocycles. The summed E-state index contributed by atoms with van der Waals surface area (Å²) in [6.45, 7) is 4.81. The lowest BCUT2D eigenvalue weighted by Gasteiger charge is -2.54. The van der Waals surface area contributed by atoms with Crippen molar-refractivity contribution in [3.63, 3.8) is 0 Å². The van der Waals surface area contributed by atoms with Crippen molar-refractivity contribution in [2.45, 2.75) is 64.8 Å². The zero-order valence-corrected chi connectivity index (χ0v) is 13.1. The first-order valence-corrected chi connectivity index (χ1v) is 8.86. The summed E-state index contributed by atoms with van der Waals surface area (Å²) in [6, 6.07) is 0.471. The second-order valence-corrected chi connectivity index (χ2v) is 8.20. The highest BCUT2D eigenvalue weighted by Crippen LogP contribution is 2.60. The van der Waals surface area contributed by atoms with Gasteiger partial charge in [0.05, 0.1) is 0 Å². The van der Waals surface area contributed by atoms with E-state index in [1.165, 1.54) is 44.9 Å². The van der Waals surface area contributed by atoms with Crippen LogP contribution < -0.4 is 11.3 Å². The Morgan fingerprint density at radius 2 is 1.95 bits per heavy atom. The number of allylic oxidation sites excluding steroid dienone is 2. The van der Waals surface area contributed by atoms with E-state index in [9.17, 15) is 0 Å². The second-order valence-electron chi connectivity index (χ2n) is 8.20. The van der Waals surface area contributed by atoms with Crippen molar-refractivity contribution in [3.05, 3.63) is 11.1 Å². The molecule has 0 heterocycles. The van der Waals surface area contributed by atoms with Crippen molar-refractivity contribution in [1.82, 2.24) is 5.43 Å². The maximum Gasteiger partial charge on any atom is 0.0219 e. The summed E-state index contributed by atoms with van der Waals surface area (Å²) in [5, 5.41) is 0. The molecule has 3 N–H and O–H groups in total. The highest BCUT2D eigenvalue weighted by atomic mass is 15.2. The number of nitrogens with two attached hydrogens (primary N) is 1. The van der Waals surface area contributed by atoms with Gasteiger partial charge in [-0.15, -0.1) is 0 Å². The Bertz CT molecular complexity index is 421.